The van der Waals surface area contributed by atoms with Crippen LogP contribution in [0.1, 0.15) is 44.6 Å². The number of nitrogens with one attached hydrogen (secondary N) is 1. The van der Waals surface area contributed by atoms with E-state index in [1.807, 2.05) is 18.3 Å². The molecule has 0 aliphatic carbocycles. The molecule has 2 aromatic heterocycles. The van der Waals surface area contributed by atoms with Gasteiger partial charge in [-0.15, -0.1) is 6.58 Å². The SMILES string of the molecule is C=C[C@@H]1[C@@H](CS(C)(=O)=O)CN1c1ccc(C(C)C)c2cc(Nc3ccnc(N4CCCCC4)n3)ncc12. The maximum atomic E-state index is 11.9. The van der Waals surface area contributed by atoms with Crippen molar-refractivity contribution in [3.05, 3.63) is 54.9 Å². The van der Waals surface area contributed by atoms with Crippen LogP contribution in [0.25, 0.3) is 10.8 Å². The van der Waals surface area contributed by atoms with E-state index in [1.54, 1.807) is 6.20 Å². The molecule has 2 saturated heterocycles. The van der Waals surface area contributed by atoms with Gasteiger partial charge in [-0.1, -0.05) is 26.0 Å². The molecule has 37 heavy (non-hydrogen) atoms. The van der Waals surface area contributed by atoms with Gasteiger partial charge in [0.25, 0.3) is 0 Å². The average Bonchev–Trinajstić information content (AvgIpc) is 2.86. The first-order chi connectivity index (χ1) is 17.7. The maximum Gasteiger partial charge on any atom is 0.227 e. The van der Waals surface area contributed by atoms with Crippen molar-refractivity contribution in [2.75, 3.05) is 46.8 Å². The number of sulfone groups is 1. The van der Waals surface area contributed by atoms with Crippen molar-refractivity contribution in [1.29, 1.82) is 0 Å². The fourth-order valence-corrected chi connectivity index (χ4v) is 6.66. The Hall–Kier alpha value is -3.20. The highest BCUT2D eigenvalue weighted by Gasteiger charge is 2.39. The van der Waals surface area contributed by atoms with Crippen LogP contribution in [0, 0.1) is 5.92 Å². The molecule has 2 aliphatic heterocycles. The first kappa shape index (κ1) is 25.4. The minimum atomic E-state index is -3.05. The third-order valence-corrected chi connectivity index (χ3v) is 8.45. The molecule has 0 unspecified atom stereocenters. The largest absolute Gasteiger partial charge is 0.364 e. The Kier molecular flexibility index (Phi) is 7.07. The van der Waals surface area contributed by atoms with Gasteiger partial charge in [-0.3, -0.25) is 0 Å². The van der Waals surface area contributed by atoms with E-state index in [9.17, 15) is 8.42 Å². The molecule has 0 spiro atoms. The molecule has 2 aliphatic rings. The van der Waals surface area contributed by atoms with Gasteiger partial charge in [0, 0.05) is 55.3 Å². The van der Waals surface area contributed by atoms with Crippen LogP contribution in [0.2, 0.25) is 0 Å². The molecule has 1 aromatic carbocycles. The Morgan fingerprint density at radius 2 is 1.89 bits per heavy atom. The first-order valence-electron chi connectivity index (χ1n) is 13.1. The molecule has 0 radical (unpaired) electrons. The third-order valence-electron chi connectivity index (χ3n) is 7.41. The number of aromatic nitrogens is 3. The van der Waals surface area contributed by atoms with Crippen LogP contribution in [0.4, 0.5) is 23.3 Å². The molecule has 2 fully saturated rings. The first-order valence-corrected chi connectivity index (χ1v) is 15.1. The van der Waals surface area contributed by atoms with Crippen molar-refractivity contribution in [3.63, 3.8) is 0 Å². The number of nitrogens with zero attached hydrogens (tertiary/aromatic N) is 5. The summed E-state index contributed by atoms with van der Waals surface area (Å²) in [7, 11) is -3.05. The quantitative estimate of drug-likeness (QED) is 0.419. The predicted octanol–water partition coefficient (Wildman–Crippen LogP) is 4.92. The van der Waals surface area contributed by atoms with Gasteiger partial charge in [-0.25, -0.2) is 18.4 Å². The fourth-order valence-electron chi connectivity index (χ4n) is 5.58. The second kappa shape index (κ2) is 10.3. The van der Waals surface area contributed by atoms with Gasteiger partial charge in [0.05, 0.1) is 11.8 Å². The minimum absolute atomic E-state index is 0.0187. The number of fused-ring (bicyclic) bond motifs is 1. The van der Waals surface area contributed by atoms with Crippen molar-refractivity contribution >= 4 is 43.9 Å². The molecule has 8 nitrogen and oxygen atoms in total. The van der Waals surface area contributed by atoms with Crippen LogP contribution in [-0.4, -0.2) is 61.1 Å². The van der Waals surface area contributed by atoms with Crippen molar-refractivity contribution in [3.8, 4) is 0 Å². The van der Waals surface area contributed by atoms with Crippen LogP contribution in [0.5, 0.6) is 0 Å². The fraction of sp³-hybridized carbons (Fsp3) is 0.464. The predicted molar refractivity (Wildman–Crippen MR) is 152 cm³/mol. The molecule has 5 rings (SSSR count). The van der Waals surface area contributed by atoms with Gasteiger partial charge in [0.2, 0.25) is 5.95 Å². The van der Waals surface area contributed by atoms with E-state index in [1.165, 1.54) is 31.1 Å². The highest BCUT2D eigenvalue weighted by Crippen LogP contribution is 2.40. The summed E-state index contributed by atoms with van der Waals surface area (Å²) in [6.07, 6.45) is 10.5. The summed E-state index contributed by atoms with van der Waals surface area (Å²) in [6.45, 7) is 11.0. The minimum Gasteiger partial charge on any atom is -0.364 e. The van der Waals surface area contributed by atoms with E-state index in [2.05, 4.69) is 58.7 Å². The lowest BCUT2D eigenvalue weighted by Crippen LogP contribution is -2.57. The van der Waals surface area contributed by atoms with Gasteiger partial charge in [0.1, 0.15) is 21.5 Å². The molecule has 1 N–H and O–H groups in total. The van der Waals surface area contributed by atoms with Gasteiger partial charge in [-0.2, -0.15) is 4.98 Å². The summed E-state index contributed by atoms with van der Waals surface area (Å²) in [5.74, 6) is 2.77. The Morgan fingerprint density at radius 3 is 2.59 bits per heavy atom. The smallest absolute Gasteiger partial charge is 0.227 e. The lowest BCUT2D eigenvalue weighted by Gasteiger charge is -2.48. The normalized spacial score (nSPS) is 20.2. The number of rotatable bonds is 8. The van der Waals surface area contributed by atoms with E-state index < -0.39 is 9.84 Å². The lowest BCUT2D eigenvalue weighted by atomic mass is 9.87. The van der Waals surface area contributed by atoms with Gasteiger partial charge in [0.15, 0.2) is 0 Å². The van der Waals surface area contributed by atoms with Crippen LogP contribution in [-0.2, 0) is 9.84 Å². The molecule has 4 heterocycles. The van der Waals surface area contributed by atoms with Crippen molar-refractivity contribution in [2.45, 2.75) is 45.1 Å². The highest BCUT2D eigenvalue weighted by molar-refractivity contribution is 7.90. The Balaban J connectivity index is 1.45. The Labute approximate surface area is 219 Å². The van der Waals surface area contributed by atoms with Gasteiger partial charge >= 0.3 is 0 Å². The van der Waals surface area contributed by atoms with E-state index in [-0.39, 0.29) is 17.7 Å². The summed E-state index contributed by atoms with van der Waals surface area (Å²) >= 11 is 0. The average molecular weight is 521 g/mol. The number of pyridine rings is 1. The molecular formula is C28H36N6O2S. The van der Waals surface area contributed by atoms with Crippen molar-refractivity contribution in [1.82, 2.24) is 15.0 Å². The summed E-state index contributed by atoms with van der Waals surface area (Å²) in [5, 5.41) is 5.57. The van der Waals surface area contributed by atoms with Gasteiger partial charge in [-0.05, 0) is 54.3 Å². The number of hydrogen-bond acceptors (Lipinski definition) is 8. The Morgan fingerprint density at radius 1 is 1.11 bits per heavy atom. The molecular weight excluding hydrogens is 484 g/mol. The summed E-state index contributed by atoms with van der Waals surface area (Å²) in [5.41, 5.74) is 2.30. The number of anilines is 4. The summed E-state index contributed by atoms with van der Waals surface area (Å²) < 4.78 is 23.8. The standard InChI is InChI=1S/C28H36N6O2S/c1-5-24-20(18-37(4,35)36)17-34(24)25-10-9-21(19(2)3)22-15-27(30-16-23(22)25)31-26-11-12-29-28(32-26)33-13-7-6-8-14-33/h5,9-12,15-16,19-20,24H,1,6-8,13-14,17-18H2,2-4H3,(H,29,30,31,32)/t20-,24-/m1/s1. The number of piperidine rings is 1. The zero-order chi connectivity index (χ0) is 26.2. The zero-order valence-corrected chi connectivity index (χ0v) is 22.7. The van der Waals surface area contributed by atoms with Crippen LogP contribution in [0.15, 0.2) is 49.3 Å². The number of hydrogen-bond donors (Lipinski definition) is 1. The van der Waals surface area contributed by atoms with Crippen molar-refractivity contribution in [2.24, 2.45) is 5.92 Å². The third kappa shape index (κ3) is 5.42. The molecule has 0 saturated carbocycles. The topological polar surface area (TPSA) is 91.3 Å². The van der Waals surface area contributed by atoms with Crippen molar-refractivity contribution < 1.29 is 8.42 Å². The van der Waals surface area contributed by atoms with Crippen LogP contribution in [0.3, 0.4) is 0 Å². The Bertz CT molecular complexity index is 1400. The van der Waals surface area contributed by atoms with Crippen LogP contribution < -0.4 is 15.1 Å². The summed E-state index contributed by atoms with van der Waals surface area (Å²) in [4.78, 5) is 18.5. The van der Waals surface area contributed by atoms with Crippen LogP contribution >= 0.6 is 0 Å². The number of benzene rings is 1. The van der Waals surface area contributed by atoms with E-state index in [4.69, 9.17) is 9.97 Å². The van der Waals surface area contributed by atoms with Gasteiger partial charge < -0.3 is 15.1 Å². The molecule has 9 heteroatoms. The molecule has 2 atom stereocenters. The second-order valence-corrected chi connectivity index (χ2v) is 12.8. The maximum absolute atomic E-state index is 11.9. The molecule has 196 valence electrons. The zero-order valence-electron chi connectivity index (χ0n) is 21.9. The van der Waals surface area contributed by atoms with E-state index in [0.717, 1.165) is 47.1 Å². The lowest BCUT2D eigenvalue weighted by molar-refractivity contribution is 0.373. The monoisotopic (exact) mass is 520 g/mol. The second-order valence-electron chi connectivity index (χ2n) is 10.6. The highest BCUT2D eigenvalue weighted by atomic mass is 32.2. The molecule has 3 aromatic rings. The molecule has 0 bridgehead atoms. The summed E-state index contributed by atoms with van der Waals surface area (Å²) in [6, 6.07) is 8.25. The molecule has 0 amide bonds. The van der Waals surface area contributed by atoms with E-state index >= 15 is 0 Å². The van der Waals surface area contributed by atoms with E-state index in [0.29, 0.717) is 12.5 Å².